The minimum atomic E-state index is 0. The van der Waals surface area contributed by atoms with E-state index in [2.05, 4.69) is 6.58 Å². The van der Waals surface area contributed by atoms with Gasteiger partial charge in [-0.3, -0.25) is 4.84 Å². The summed E-state index contributed by atoms with van der Waals surface area (Å²) in [5.74, 6) is 0. The molecule has 1 rings (SSSR count). The van der Waals surface area contributed by atoms with Crippen LogP contribution in [0.15, 0.2) is 25.2 Å². The van der Waals surface area contributed by atoms with Crippen LogP contribution in [0.5, 0.6) is 0 Å². The molecule has 0 atom stereocenters. The zero-order valence-corrected chi connectivity index (χ0v) is 8.28. The van der Waals surface area contributed by atoms with Crippen molar-refractivity contribution in [2.24, 2.45) is 0 Å². The molecule has 0 spiro atoms. The van der Waals surface area contributed by atoms with Crippen molar-refractivity contribution in [1.29, 1.82) is 0 Å². The van der Waals surface area contributed by atoms with E-state index in [1.165, 1.54) is 0 Å². The molecule has 0 N–H and O–H groups in total. The predicted molar refractivity (Wildman–Crippen MR) is 49.8 cm³/mol. The van der Waals surface area contributed by atoms with Gasteiger partial charge in [0.2, 0.25) is 0 Å². The van der Waals surface area contributed by atoms with E-state index < -0.39 is 0 Å². The van der Waals surface area contributed by atoms with Gasteiger partial charge in [0.25, 0.3) is 0 Å². The molecule has 0 aromatic rings. The average Bonchev–Trinajstić information content (AvgIpc) is 2.37. The van der Waals surface area contributed by atoms with Crippen LogP contribution in [-0.4, -0.2) is 23.2 Å². The summed E-state index contributed by atoms with van der Waals surface area (Å²) in [5, 5.41) is 1.77. The zero-order valence-electron chi connectivity index (χ0n) is 6.56. The molecule has 0 aliphatic carbocycles. The largest absolute Gasteiger partial charge is 0.333 e. The molecule has 0 aromatic carbocycles. The molecule has 0 saturated heterocycles. The van der Waals surface area contributed by atoms with E-state index in [4.69, 9.17) is 4.84 Å². The molecular weight excluding hydrogens is 208 g/mol. The maximum absolute atomic E-state index is 5.19. The van der Waals surface area contributed by atoms with Crippen LogP contribution in [0.3, 0.4) is 0 Å². The van der Waals surface area contributed by atoms with Gasteiger partial charge in [0, 0.05) is 12.4 Å². The Balaban J connectivity index is 0.000001000. The van der Waals surface area contributed by atoms with Gasteiger partial charge in [0.15, 0.2) is 0 Å². The lowest BCUT2D eigenvalue weighted by Crippen LogP contribution is -2.21. The molecule has 64 valence electrons. The summed E-state index contributed by atoms with van der Waals surface area (Å²) in [6.07, 6.45) is 5.56. The van der Waals surface area contributed by atoms with Crippen LogP contribution in [-0.2, 0) is 4.84 Å². The van der Waals surface area contributed by atoms with E-state index in [0.29, 0.717) is 6.61 Å². The minimum absolute atomic E-state index is 0. The smallest absolute Gasteiger partial charge is 0.119 e. The molecule has 0 bridgehead atoms. The molecule has 4 heteroatoms. The summed E-state index contributed by atoms with van der Waals surface area (Å²) in [5.41, 5.74) is 0. The summed E-state index contributed by atoms with van der Waals surface area (Å²) in [4.78, 5) is 7.13. The van der Waals surface area contributed by atoms with Gasteiger partial charge in [0.1, 0.15) is 6.67 Å². The molecule has 0 radical (unpaired) electrons. The summed E-state index contributed by atoms with van der Waals surface area (Å²) in [6.45, 7) is 7.04. The Kier molecular flexibility index (Phi) is 4.98. The summed E-state index contributed by atoms with van der Waals surface area (Å²) in [6, 6.07) is 0. The van der Waals surface area contributed by atoms with Gasteiger partial charge in [-0.15, -0.1) is 17.0 Å². The van der Waals surface area contributed by atoms with E-state index in [0.717, 1.165) is 6.67 Å². The summed E-state index contributed by atoms with van der Waals surface area (Å²) in [7, 11) is 0. The van der Waals surface area contributed by atoms with Gasteiger partial charge in [-0.25, -0.2) is 5.06 Å². The lowest BCUT2D eigenvalue weighted by molar-refractivity contribution is -0.120. The molecule has 3 nitrogen and oxygen atoms in total. The number of halogens is 1. The van der Waals surface area contributed by atoms with Crippen molar-refractivity contribution >= 4 is 17.0 Å². The van der Waals surface area contributed by atoms with Crippen molar-refractivity contribution in [2.75, 3.05) is 13.3 Å². The highest BCUT2D eigenvalue weighted by Gasteiger charge is 2.07. The van der Waals surface area contributed by atoms with Crippen molar-refractivity contribution in [3.63, 3.8) is 0 Å². The monoisotopic (exact) mass is 220 g/mol. The highest BCUT2D eigenvalue weighted by atomic mass is 79.9. The topological polar surface area (TPSA) is 15.7 Å². The Hall–Kier alpha value is -0.480. The highest BCUT2D eigenvalue weighted by Crippen LogP contribution is 2.05. The molecule has 0 aromatic heterocycles. The third kappa shape index (κ3) is 2.95. The van der Waals surface area contributed by atoms with Crippen LogP contribution in [0.4, 0.5) is 0 Å². The second-order valence-corrected chi connectivity index (χ2v) is 1.97. The maximum Gasteiger partial charge on any atom is 0.119 e. The van der Waals surface area contributed by atoms with Crippen LogP contribution < -0.4 is 0 Å². The molecule has 0 saturated carbocycles. The van der Waals surface area contributed by atoms with Crippen molar-refractivity contribution < 1.29 is 4.84 Å². The van der Waals surface area contributed by atoms with E-state index in [9.17, 15) is 0 Å². The Labute approximate surface area is 77.6 Å². The number of nitrogens with zero attached hydrogens (tertiary/aromatic N) is 2. The van der Waals surface area contributed by atoms with Crippen LogP contribution in [0.25, 0.3) is 0 Å². The van der Waals surface area contributed by atoms with E-state index in [-0.39, 0.29) is 17.0 Å². The Bertz CT molecular complexity index is 149. The van der Waals surface area contributed by atoms with Gasteiger partial charge in [0.05, 0.1) is 6.61 Å². The third-order valence-electron chi connectivity index (χ3n) is 1.26. The van der Waals surface area contributed by atoms with E-state index in [1.807, 2.05) is 24.2 Å². The second kappa shape index (κ2) is 5.21. The SMILES string of the molecule is Br.C=CN1C=CN(OCC)C1. The van der Waals surface area contributed by atoms with Crippen LogP contribution in [0, 0.1) is 0 Å². The normalized spacial score (nSPS) is 15.0. The fourth-order valence-corrected chi connectivity index (χ4v) is 0.783. The van der Waals surface area contributed by atoms with Crippen molar-refractivity contribution in [3.8, 4) is 0 Å². The molecule has 0 unspecified atom stereocenters. The molecular formula is C7H13BrN2O. The molecule has 0 amide bonds. The Morgan fingerprint density at radius 2 is 2.36 bits per heavy atom. The lowest BCUT2D eigenvalue weighted by Gasteiger charge is -2.16. The van der Waals surface area contributed by atoms with E-state index in [1.54, 1.807) is 11.3 Å². The molecule has 1 aliphatic heterocycles. The summed E-state index contributed by atoms with van der Waals surface area (Å²) < 4.78 is 0. The minimum Gasteiger partial charge on any atom is -0.333 e. The van der Waals surface area contributed by atoms with Crippen molar-refractivity contribution in [3.05, 3.63) is 25.2 Å². The molecule has 1 aliphatic rings. The van der Waals surface area contributed by atoms with Gasteiger partial charge in [-0.2, -0.15) is 0 Å². The number of hydroxylamine groups is 2. The average molecular weight is 221 g/mol. The van der Waals surface area contributed by atoms with E-state index >= 15 is 0 Å². The van der Waals surface area contributed by atoms with Crippen LogP contribution in [0.2, 0.25) is 0 Å². The first-order valence-electron chi connectivity index (χ1n) is 3.33. The molecule has 1 heterocycles. The fourth-order valence-electron chi connectivity index (χ4n) is 0.783. The first-order chi connectivity index (χ1) is 4.86. The fraction of sp³-hybridized carbons (Fsp3) is 0.429. The van der Waals surface area contributed by atoms with Gasteiger partial charge < -0.3 is 4.90 Å². The standard InChI is InChI=1S/C7H12N2O.BrH/c1-3-8-5-6-9(7-8)10-4-2;/h3,5-6H,1,4,7H2,2H3;1H. The maximum atomic E-state index is 5.19. The van der Waals surface area contributed by atoms with Crippen molar-refractivity contribution in [2.45, 2.75) is 6.92 Å². The highest BCUT2D eigenvalue weighted by molar-refractivity contribution is 8.93. The third-order valence-corrected chi connectivity index (χ3v) is 1.26. The van der Waals surface area contributed by atoms with Crippen LogP contribution in [0.1, 0.15) is 6.92 Å². The second-order valence-electron chi connectivity index (χ2n) is 1.97. The summed E-state index contributed by atoms with van der Waals surface area (Å²) >= 11 is 0. The first-order valence-corrected chi connectivity index (χ1v) is 3.33. The first kappa shape index (κ1) is 10.5. The molecule has 0 fully saturated rings. The van der Waals surface area contributed by atoms with Gasteiger partial charge in [-0.1, -0.05) is 6.58 Å². The Morgan fingerprint density at radius 1 is 1.64 bits per heavy atom. The van der Waals surface area contributed by atoms with Gasteiger partial charge >= 0.3 is 0 Å². The lowest BCUT2D eigenvalue weighted by atomic mass is 10.8. The molecule has 11 heavy (non-hydrogen) atoms. The van der Waals surface area contributed by atoms with Gasteiger partial charge in [-0.05, 0) is 13.1 Å². The van der Waals surface area contributed by atoms with Crippen LogP contribution >= 0.6 is 17.0 Å². The quantitative estimate of drug-likeness (QED) is 0.721. The predicted octanol–water partition coefficient (Wildman–Crippen LogP) is 1.71. The number of rotatable bonds is 3. The van der Waals surface area contributed by atoms with Crippen molar-refractivity contribution in [1.82, 2.24) is 9.96 Å². The Morgan fingerprint density at radius 3 is 2.82 bits per heavy atom. The number of hydrogen-bond donors (Lipinski definition) is 0. The zero-order chi connectivity index (χ0) is 7.40. The number of hydrogen-bond acceptors (Lipinski definition) is 3.